The van der Waals surface area contributed by atoms with Crippen LogP contribution in [-0.2, 0) is 19.2 Å². The number of hydrogen-bond donors (Lipinski definition) is 6. The molecule has 12 atom stereocenters. The summed E-state index contributed by atoms with van der Waals surface area (Å²) >= 11 is 0. The molecule has 1 aromatic rings. The third kappa shape index (κ3) is 5.89. The van der Waals surface area contributed by atoms with Crippen LogP contribution in [0.15, 0.2) is 52.5 Å². The third-order valence-electron chi connectivity index (χ3n) is 14.1. The van der Waals surface area contributed by atoms with Crippen molar-refractivity contribution in [1.29, 1.82) is 0 Å². The Morgan fingerprint density at radius 1 is 1.04 bits per heavy atom. The van der Waals surface area contributed by atoms with Crippen molar-refractivity contribution in [3.05, 3.63) is 53.1 Å². The van der Waals surface area contributed by atoms with Crippen molar-refractivity contribution in [2.75, 3.05) is 6.54 Å². The van der Waals surface area contributed by atoms with Gasteiger partial charge in [-0.15, -0.1) is 0 Å². The van der Waals surface area contributed by atoms with Gasteiger partial charge in [-0.25, -0.2) is 0 Å². The van der Waals surface area contributed by atoms with Crippen molar-refractivity contribution < 1.29 is 39.6 Å². The summed E-state index contributed by atoms with van der Waals surface area (Å²) in [5.41, 5.74) is 9.55. The summed E-state index contributed by atoms with van der Waals surface area (Å²) in [6.07, 6.45) is 0.916. The van der Waals surface area contributed by atoms with Crippen molar-refractivity contribution in [3.63, 3.8) is 0 Å². The molecular weight excluding hydrogens is 650 g/mol. The summed E-state index contributed by atoms with van der Waals surface area (Å²) in [7, 11) is 0. The SMILES string of the molecule is CC(C(=O)O)C(=O)C(O)C(CN=C(N)N)C(C)C1CC(O)C2(C)C3=C(C(=O)CC12C)C1(C)CCC(=O)C(C)(C)C1C(C=Cc1ccccc1)C3O. The Balaban J connectivity index is 1.66. The number of aliphatic hydroxyl groups excluding tert-OH is 3. The van der Waals surface area contributed by atoms with Gasteiger partial charge in [-0.2, -0.15) is 0 Å². The van der Waals surface area contributed by atoms with Crippen LogP contribution in [0.1, 0.15) is 79.7 Å². The van der Waals surface area contributed by atoms with E-state index < -0.39 is 87.2 Å². The maximum atomic E-state index is 14.8. The number of aliphatic imine (C=N–C) groups is 1. The third-order valence-corrected chi connectivity index (χ3v) is 14.1. The lowest BCUT2D eigenvalue weighted by Crippen LogP contribution is -2.63. The lowest BCUT2D eigenvalue weighted by Gasteiger charge is -2.63. The van der Waals surface area contributed by atoms with Crippen LogP contribution in [0.5, 0.6) is 0 Å². The Morgan fingerprint density at radius 2 is 1.67 bits per heavy atom. The first-order valence-corrected chi connectivity index (χ1v) is 18.1. The fraction of sp³-hybridized carbons (Fsp3) is 0.625. The van der Waals surface area contributed by atoms with E-state index in [9.17, 15) is 39.6 Å². The number of fused-ring (bicyclic) bond motifs is 4. The number of rotatable bonds is 10. The van der Waals surface area contributed by atoms with Crippen LogP contribution in [0.25, 0.3) is 6.08 Å². The zero-order chi connectivity index (χ0) is 38.0. The molecule has 0 aromatic heterocycles. The Bertz CT molecular complexity index is 1680. The van der Waals surface area contributed by atoms with E-state index in [1.807, 2.05) is 84.0 Å². The standard InChI is InChI=1S/C40H55N3O8/c1-20(24(19-43-36(41)42)33(49)31(47)21(2)35(50)51)25-17-28(46)40(7)30-29(26(44)18-39(25,40)6)38(5)16-15-27(45)37(3,4)34(38)23(32(30)48)14-13-22-11-9-8-10-12-22/h8-14,20-21,23-25,28,32-34,46,48-49H,15-19H2,1-7H3,(H,50,51)(H4,41,42,43). The molecule has 0 amide bonds. The predicted octanol–water partition coefficient (Wildman–Crippen LogP) is 3.54. The maximum absolute atomic E-state index is 14.8. The summed E-state index contributed by atoms with van der Waals surface area (Å²) in [5, 5.41) is 45.8. The summed E-state index contributed by atoms with van der Waals surface area (Å²) in [6, 6.07) is 9.67. The van der Waals surface area contributed by atoms with Gasteiger partial charge in [-0.3, -0.25) is 24.2 Å². The van der Waals surface area contributed by atoms with Crippen LogP contribution < -0.4 is 11.5 Å². The highest BCUT2D eigenvalue weighted by atomic mass is 16.4. The second-order valence-corrected chi connectivity index (χ2v) is 16.9. The summed E-state index contributed by atoms with van der Waals surface area (Å²) < 4.78 is 0. The van der Waals surface area contributed by atoms with Gasteiger partial charge >= 0.3 is 5.97 Å². The number of guanidine groups is 1. The second kappa shape index (κ2) is 13.4. The number of aliphatic carboxylic acids is 1. The first-order chi connectivity index (χ1) is 23.7. The largest absolute Gasteiger partial charge is 0.481 e. The number of carboxylic acid groups (broad SMARTS) is 1. The topological polar surface area (TPSA) is 214 Å². The van der Waals surface area contributed by atoms with Crippen LogP contribution in [0.4, 0.5) is 0 Å². The Kier molecular flexibility index (Phi) is 10.1. The molecule has 2 fully saturated rings. The summed E-state index contributed by atoms with van der Waals surface area (Å²) in [4.78, 5) is 57.3. The van der Waals surface area contributed by atoms with Gasteiger partial charge in [0.2, 0.25) is 0 Å². The van der Waals surface area contributed by atoms with Crippen molar-refractivity contribution in [1.82, 2.24) is 0 Å². The second-order valence-electron chi connectivity index (χ2n) is 16.9. The number of ketones is 3. The smallest absolute Gasteiger partial charge is 0.313 e. The number of allylic oxidation sites excluding steroid dienone is 1. The number of aliphatic hydroxyl groups is 3. The van der Waals surface area contributed by atoms with E-state index in [1.165, 1.54) is 6.92 Å². The van der Waals surface area contributed by atoms with Crippen LogP contribution in [0, 0.1) is 57.2 Å². The number of carbonyl (C=O) groups excluding carboxylic acids is 3. The van der Waals surface area contributed by atoms with E-state index >= 15 is 0 Å². The van der Waals surface area contributed by atoms with E-state index in [4.69, 9.17) is 11.5 Å². The highest BCUT2D eigenvalue weighted by Gasteiger charge is 2.71. The average Bonchev–Trinajstić information content (AvgIpc) is 3.27. The van der Waals surface area contributed by atoms with Crippen LogP contribution >= 0.6 is 0 Å². The van der Waals surface area contributed by atoms with Gasteiger partial charge in [0.05, 0.1) is 12.2 Å². The number of nitrogens with zero attached hydrogens (tertiary/aromatic N) is 1. The number of benzene rings is 1. The van der Waals surface area contributed by atoms with Gasteiger partial charge < -0.3 is 31.9 Å². The number of carboxylic acids is 1. The van der Waals surface area contributed by atoms with E-state index in [1.54, 1.807) is 0 Å². The van der Waals surface area contributed by atoms with Crippen LogP contribution in [0.2, 0.25) is 0 Å². The number of Topliss-reactive ketones (excluding diaryl/α,β-unsaturated/α-hetero) is 3. The van der Waals surface area contributed by atoms with Crippen LogP contribution in [-0.4, -0.2) is 74.6 Å². The number of carbonyl (C=O) groups is 4. The molecule has 11 nitrogen and oxygen atoms in total. The minimum Gasteiger partial charge on any atom is -0.481 e. The lowest BCUT2D eigenvalue weighted by atomic mass is 9.40. The van der Waals surface area contributed by atoms with Gasteiger partial charge in [0.15, 0.2) is 17.5 Å². The molecule has 0 aliphatic heterocycles. The molecule has 0 heterocycles. The fourth-order valence-electron chi connectivity index (χ4n) is 11.0. The summed E-state index contributed by atoms with van der Waals surface area (Å²) in [5.74, 6) is -7.00. The fourth-order valence-corrected chi connectivity index (χ4v) is 11.0. The molecule has 4 aliphatic rings. The molecule has 5 rings (SSSR count). The van der Waals surface area contributed by atoms with Crippen LogP contribution in [0.3, 0.4) is 0 Å². The minimum absolute atomic E-state index is 0.0346. The minimum atomic E-state index is -1.73. The van der Waals surface area contributed by atoms with E-state index in [2.05, 4.69) is 4.99 Å². The highest BCUT2D eigenvalue weighted by molar-refractivity contribution is 6.01. The molecular formula is C40H55N3O8. The average molecular weight is 706 g/mol. The van der Waals surface area contributed by atoms with E-state index in [-0.39, 0.29) is 36.9 Å². The van der Waals surface area contributed by atoms with Crippen molar-refractivity contribution in [2.45, 2.75) is 92.5 Å². The van der Waals surface area contributed by atoms with Gasteiger partial charge in [0.25, 0.3) is 0 Å². The maximum Gasteiger partial charge on any atom is 0.313 e. The molecule has 0 saturated heterocycles. The first kappa shape index (κ1) is 38.6. The monoisotopic (exact) mass is 705 g/mol. The lowest BCUT2D eigenvalue weighted by molar-refractivity contribution is -0.152. The molecule has 0 bridgehead atoms. The van der Waals surface area contributed by atoms with Crippen molar-refractivity contribution in [3.8, 4) is 0 Å². The molecule has 2 saturated carbocycles. The van der Waals surface area contributed by atoms with Gasteiger partial charge in [0.1, 0.15) is 17.8 Å². The molecule has 0 spiro atoms. The zero-order valence-corrected chi connectivity index (χ0v) is 30.8. The highest BCUT2D eigenvalue weighted by Crippen LogP contribution is 2.72. The van der Waals surface area contributed by atoms with E-state index in [0.717, 1.165) is 5.56 Å². The molecule has 0 radical (unpaired) electrons. The van der Waals surface area contributed by atoms with Gasteiger partial charge in [-0.1, -0.05) is 84.0 Å². The Hall–Kier alpha value is -3.67. The molecule has 1 aromatic carbocycles. The van der Waals surface area contributed by atoms with Gasteiger partial charge in [0, 0.05) is 53.0 Å². The molecule has 4 aliphatic carbocycles. The number of nitrogens with two attached hydrogens (primary N) is 2. The Morgan fingerprint density at radius 3 is 2.25 bits per heavy atom. The molecule has 51 heavy (non-hydrogen) atoms. The predicted molar refractivity (Wildman–Crippen MR) is 193 cm³/mol. The zero-order valence-electron chi connectivity index (χ0n) is 30.8. The normalized spacial score (nSPS) is 36.8. The number of hydrogen-bond acceptors (Lipinski definition) is 8. The molecule has 8 N–H and O–H groups in total. The van der Waals surface area contributed by atoms with E-state index in [0.29, 0.717) is 24.0 Å². The summed E-state index contributed by atoms with van der Waals surface area (Å²) in [6.45, 7) is 12.6. The molecule has 278 valence electrons. The van der Waals surface area contributed by atoms with Crippen molar-refractivity contribution in [2.24, 2.45) is 73.6 Å². The molecule has 12 unspecified atom stereocenters. The Labute approximate surface area is 300 Å². The molecule has 11 heteroatoms. The first-order valence-electron chi connectivity index (χ1n) is 18.1. The quantitative estimate of drug-likeness (QED) is 0.118. The van der Waals surface area contributed by atoms with Crippen molar-refractivity contribution >= 4 is 35.4 Å². The van der Waals surface area contributed by atoms with Gasteiger partial charge in [-0.05, 0) is 54.1 Å².